The van der Waals surface area contributed by atoms with Crippen LogP contribution in [0.4, 0.5) is 8.78 Å². The van der Waals surface area contributed by atoms with Gasteiger partial charge >= 0.3 is 0 Å². The number of rotatable bonds is 5. The summed E-state index contributed by atoms with van der Waals surface area (Å²) in [4.78, 5) is 9.59. The zero-order chi connectivity index (χ0) is 16.6. The molecule has 23 heavy (non-hydrogen) atoms. The van der Waals surface area contributed by atoms with Crippen LogP contribution in [0, 0.1) is 12.3 Å². The van der Waals surface area contributed by atoms with E-state index in [2.05, 4.69) is 16.5 Å². The first kappa shape index (κ1) is 15.6. The molecule has 2 aliphatic rings. The molecule has 1 saturated carbocycles. The van der Waals surface area contributed by atoms with Gasteiger partial charge in [0, 0.05) is 5.41 Å². The molecule has 1 fully saturated rings. The number of nitrogens with zero attached hydrogens (tertiary/aromatic N) is 1. The molecule has 1 aliphatic heterocycles. The number of allylic oxidation sites excluding steroid dienone is 1. The van der Waals surface area contributed by atoms with Crippen LogP contribution in [0.25, 0.3) is 0 Å². The standard InChI is InChI=1S/C16H18F2N4O/c1-9-4-2-3-5-10(9)16(6-7-16)15-21-14(23-22-15)12(20)8-11(19)13(17)18/h2-5,8,13,15,20,22H,6-7,19H2,1H3/b11-8-,20-12?. The number of hydrogen-bond acceptors (Lipinski definition) is 5. The zero-order valence-electron chi connectivity index (χ0n) is 12.6. The van der Waals surface area contributed by atoms with Gasteiger partial charge in [-0.2, -0.15) is 0 Å². The lowest BCUT2D eigenvalue weighted by Gasteiger charge is -2.21. The van der Waals surface area contributed by atoms with Gasteiger partial charge in [0.2, 0.25) is 0 Å². The third kappa shape index (κ3) is 2.84. The fourth-order valence-corrected chi connectivity index (χ4v) is 2.89. The zero-order valence-corrected chi connectivity index (χ0v) is 12.6. The summed E-state index contributed by atoms with van der Waals surface area (Å²) in [5.41, 5.74) is 9.25. The SMILES string of the molecule is Cc1ccccc1C1(C2N=C(C(=N)/C=C(\N)C(F)F)ON2)CC1. The average Bonchev–Trinajstić information content (AvgIpc) is 3.16. The lowest BCUT2D eigenvalue weighted by Crippen LogP contribution is -2.34. The van der Waals surface area contributed by atoms with E-state index in [9.17, 15) is 8.78 Å². The Balaban J connectivity index is 1.82. The summed E-state index contributed by atoms with van der Waals surface area (Å²) in [6.45, 7) is 2.05. The fraction of sp³-hybridized carbons (Fsp3) is 0.375. The number of alkyl halides is 2. The van der Waals surface area contributed by atoms with E-state index in [-0.39, 0.29) is 23.2 Å². The highest BCUT2D eigenvalue weighted by molar-refractivity contribution is 6.42. The first-order chi connectivity index (χ1) is 10.9. The van der Waals surface area contributed by atoms with Gasteiger partial charge in [0.1, 0.15) is 11.9 Å². The quantitative estimate of drug-likeness (QED) is 0.729. The van der Waals surface area contributed by atoms with Gasteiger partial charge in [-0.25, -0.2) is 13.8 Å². The van der Waals surface area contributed by atoms with Crippen molar-refractivity contribution in [3.63, 3.8) is 0 Å². The van der Waals surface area contributed by atoms with Crippen molar-refractivity contribution in [1.82, 2.24) is 5.48 Å². The van der Waals surface area contributed by atoms with Crippen molar-refractivity contribution >= 4 is 11.6 Å². The molecule has 5 nitrogen and oxygen atoms in total. The molecule has 1 aliphatic carbocycles. The molecule has 1 aromatic rings. The maximum atomic E-state index is 12.4. The van der Waals surface area contributed by atoms with Gasteiger partial charge in [0.25, 0.3) is 12.3 Å². The molecule has 3 rings (SSSR count). The molecule has 0 spiro atoms. The van der Waals surface area contributed by atoms with Gasteiger partial charge in [-0.05, 0) is 37.0 Å². The fourth-order valence-electron chi connectivity index (χ4n) is 2.89. The van der Waals surface area contributed by atoms with Crippen molar-refractivity contribution in [2.24, 2.45) is 10.7 Å². The number of benzene rings is 1. The molecule has 1 aromatic carbocycles. The number of aryl methyl sites for hydroxylation is 1. The first-order valence-corrected chi connectivity index (χ1v) is 7.34. The van der Waals surface area contributed by atoms with Crippen molar-refractivity contribution in [1.29, 1.82) is 5.41 Å². The van der Waals surface area contributed by atoms with Crippen LogP contribution in [0.15, 0.2) is 41.0 Å². The summed E-state index contributed by atoms with van der Waals surface area (Å²) in [6.07, 6.45) is -0.348. The Labute approximate surface area is 132 Å². The van der Waals surface area contributed by atoms with E-state index in [1.54, 1.807) is 0 Å². The molecule has 0 saturated heterocycles. The van der Waals surface area contributed by atoms with E-state index < -0.39 is 12.1 Å². The number of aliphatic imine (C=N–C) groups is 1. The molecule has 7 heteroatoms. The second kappa shape index (κ2) is 5.73. The molecule has 122 valence electrons. The maximum Gasteiger partial charge on any atom is 0.277 e. The Morgan fingerprint density at radius 1 is 1.48 bits per heavy atom. The molecule has 0 aromatic heterocycles. The number of hydroxylamine groups is 1. The number of nitrogens with one attached hydrogen (secondary N) is 2. The lowest BCUT2D eigenvalue weighted by atomic mass is 9.89. The average molecular weight is 320 g/mol. The highest BCUT2D eigenvalue weighted by atomic mass is 19.3. The van der Waals surface area contributed by atoms with Crippen LogP contribution in [0.5, 0.6) is 0 Å². The largest absolute Gasteiger partial charge is 0.397 e. The van der Waals surface area contributed by atoms with Crippen LogP contribution >= 0.6 is 0 Å². The third-order valence-corrected chi connectivity index (χ3v) is 4.30. The summed E-state index contributed by atoms with van der Waals surface area (Å²) >= 11 is 0. The van der Waals surface area contributed by atoms with Crippen LogP contribution in [-0.4, -0.2) is 24.2 Å². The smallest absolute Gasteiger partial charge is 0.277 e. The summed E-state index contributed by atoms with van der Waals surface area (Å²) in [5.74, 6) is -0.0153. The predicted molar refractivity (Wildman–Crippen MR) is 83.5 cm³/mol. The maximum absolute atomic E-state index is 12.4. The van der Waals surface area contributed by atoms with E-state index in [1.165, 1.54) is 11.1 Å². The minimum Gasteiger partial charge on any atom is -0.397 e. The number of halogens is 2. The molecule has 1 atom stereocenters. The van der Waals surface area contributed by atoms with E-state index in [0.29, 0.717) is 0 Å². The summed E-state index contributed by atoms with van der Waals surface area (Å²) in [5, 5.41) is 7.79. The number of nitrogens with two attached hydrogens (primary N) is 1. The normalized spacial score (nSPS) is 22.7. The first-order valence-electron chi connectivity index (χ1n) is 7.34. The highest BCUT2D eigenvalue weighted by Gasteiger charge is 2.54. The molecule has 1 heterocycles. The van der Waals surface area contributed by atoms with Crippen LogP contribution < -0.4 is 11.2 Å². The van der Waals surface area contributed by atoms with Crippen molar-refractivity contribution < 1.29 is 13.6 Å². The van der Waals surface area contributed by atoms with Crippen LogP contribution in [0.3, 0.4) is 0 Å². The summed E-state index contributed by atoms with van der Waals surface area (Å²) in [7, 11) is 0. The van der Waals surface area contributed by atoms with E-state index in [1.807, 2.05) is 25.1 Å². The van der Waals surface area contributed by atoms with Crippen molar-refractivity contribution in [3.05, 3.63) is 47.2 Å². The second-order valence-corrected chi connectivity index (χ2v) is 5.89. The van der Waals surface area contributed by atoms with Gasteiger partial charge in [-0.15, -0.1) is 5.48 Å². The Bertz CT molecular complexity index is 695. The predicted octanol–water partition coefficient (Wildman–Crippen LogP) is 2.41. The minimum atomic E-state index is -2.80. The lowest BCUT2D eigenvalue weighted by molar-refractivity contribution is 0.164. The van der Waals surface area contributed by atoms with E-state index in [4.69, 9.17) is 16.0 Å². The van der Waals surface area contributed by atoms with Gasteiger partial charge in [0.15, 0.2) is 0 Å². The number of hydrogen-bond donors (Lipinski definition) is 3. The monoisotopic (exact) mass is 320 g/mol. The van der Waals surface area contributed by atoms with E-state index >= 15 is 0 Å². The molecule has 4 N–H and O–H groups in total. The summed E-state index contributed by atoms with van der Waals surface area (Å²) in [6, 6.07) is 8.08. The summed E-state index contributed by atoms with van der Waals surface area (Å²) < 4.78 is 24.9. The van der Waals surface area contributed by atoms with Gasteiger partial charge in [-0.1, -0.05) is 24.3 Å². The van der Waals surface area contributed by atoms with Gasteiger partial charge < -0.3 is 10.6 Å². The third-order valence-electron chi connectivity index (χ3n) is 4.30. The van der Waals surface area contributed by atoms with Crippen molar-refractivity contribution in [2.75, 3.05) is 0 Å². The molecular formula is C16H18F2N4O. The van der Waals surface area contributed by atoms with Gasteiger partial charge in [-0.3, -0.25) is 5.41 Å². The molecule has 1 unspecified atom stereocenters. The van der Waals surface area contributed by atoms with Crippen LogP contribution in [-0.2, 0) is 10.3 Å². The van der Waals surface area contributed by atoms with Crippen LogP contribution in [0.1, 0.15) is 24.0 Å². The van der Waals surface area contributed by atoms with Crippen LogP contribution in [0.2, 0.25) is 0 Å². The van der Waals surface area contributed by atoms with E-state index in [0.717, 1.165) is 18.9 Å². The van der Waals surface area contributed by atoms with Gasteiger partial charge in [0.05, 0.1) is 5.70 Å². The molecule has 0 radical (unpaired) electrons. The Hall–Kier alpha value is -2.28. The topological polar surface area (TPSA) is 83.5 Å². The Kier molecular flexibility index (Phi) is 3.89. The highest BCUT2D eigenvalue weighted by Crippen LogP contribution is 2.53. The Morgan fingerprint density at radius 2 is 2.17 bits per heavy atom. The minimum absolute atomic E-state index is 0.0153. The molecule has 0 bridgehead atoms. The second-order valence-electron chi connectivity index (χ2n) is 5.89. The van der Waals surface area contributed by atoms with Crippen molar-refractivity contribution in [2.45, 2.75) is 37.8 Å². The Morgan fingerprint density at radius 3 is 2.78 bits per heavy atom. The molecule has 0 amide bonds. The molecular weight excluding hydrogens is 302 g/mol. The van der Waals surface area contributed by atoms with Crippen molar-refractivity contribution in [3.8, 4) is 0 Å².